The van der Waals surface area contributed by atoms with Crippen LogP contribution in [0.3, 0.4) is 0 Å². The number of benzene rings is 1. The summed E-state index contributed by atoms with van der Waals surface area (Å²) in [5, 5.41) is 3.36. The average molecular weight is 243 g/mol. The first-order valence-electron chi connectivity index (χ1n) is 6.20. The number of rotatable bonds is 1. The Bertz CT molecular complexity index is 462. The van der Waals surface area contributed by atoms with Gasteiger partial charge in [-0.3, -0.25) is 0 Å². The van der Waals surface area contributed by atoms with Crippen molar-refractivity contribution in [3.05, 3.63) is 35.4 Å². The van der Waals surface area contributed by atoms with Crippen LogP contribution in [0.15, 0.2) is 24.3 Å². The number of hydrogen-bond donors (Lipinski definition) is 1. The molecule has 0 saturated carbocycles. The molecule has 1 fully saturated rings. The fourth-order valence-electron chi connectivity index (χ4n) is 2.17. The third-order valence-corrected chi connectivity index (χ3v) is 3.22. The van der Waals surface area contributed by atoms with E-state index >= 15 is 0 Å². The second-order valence-corrected chi connectivity index (χ2v) is 4.39. The summed E-state index contributed by atoms with van der Waals surface area (Å²) < 4.78 is 4.47. The molecule has 0 spiro atoms. The van der Waals surface area contributed by atoms with Crippen molar-refractivity contribution in [1.82, 2.24) is 5.32 Å². The van der Waals surface area contributed by atoms with Gasteiger partial charge in [-0.15, -0.1) is 0 Å². The fourth-order valence-corrected chi connectivity index (χ4v) is 2.17. The maximum atomic E-state index is 10.9. The zero-order chi connectivity index (χ0) is 12.8. The van der Waals surface area contributed by atoms with Crippen molar-refractivity contribution >= 4 is 5.97 Å². The van der Waals surface area contributed by atoms with E-state index in [1.807, 2.05) is 12.1 Å². The van der Waals surface area contributed by atoms with Gasteiger partial charge in [-0.25, -0.2) is 4.79 Å². The molecule has 0 atom stereocenters. The summed E-state index contributed by atoms with van der Waals surface area (Å²) in [5.74, 6) is 5.36. The molecule has 1 N–H and O–H groups in total. The van der Waals surface area contributed by atoms with E-state index in [4.69, 9.17) is 0 Å². The minimum atomic E-state index is -0.502. The molecule has 94 valence electrons. The molecule has 0 aromatic heterocycles. The van der Waals surface area contributed by atoms with Crippen molar-refractivity contribution in [2.45, 2.75) is 18.8 Å². The van der Waals surface area contributed by atoms with E-state index in [0.717, 1.165) is 18.7 Å². The van der Waals surface area contributed by atoms with Crippen molar-refractivity contribution in [2.75, 3.05) is 20.2 Å². The number of carbonyl (C=O) groups is 1. The molecular formula is C15H17NO2. The highest BCUT2D eigenvalue weighted by Gasteiger charge is 2.14. The number of nitrogens with one attached hydrogen (secondary N) is 1. The minimum Gasteiger partial charge on any atom is -0.459 e. The Kier molecular flexibility index (Phi) is 4.38. The number of esters is 1. The minimum absolute atomic E-state index is 0.502. The molecule has 1 aromatic carbocycles. The maximum absolute atomic E-state index is 10.9. The van der Waals surface area contributed by atoms with Gasteiger partial charge in [0.05, 0.1) is 7.11 Å². The van der Waals surface area contributed by atoms with Crippen LogP contribution in [0, 0.1) is 11.8 Å². The highest BCUT2D eigenvalue weighted by Crippen LogP contribution is 2.24. The molecule has 1 heterocycles. The van der Waals surface area contributed by atoms with E-state index in [9.17, 15) is 4.79 Å². The molecule has 0 radical (unpaired) electrons. The highest BCUT2D eigenvalue weighted by atomic mass is 16.5. The summed E-state index contributed by atoms with van der Waals surface area (Å²) in [7, 11) is 1.33. The summed E-state index contributed by atoms with van der Waals surface area (Å²) in [6, 6.07) is 8.15. The van der Waals surface area contributed by atoms with Crippen LogP contribution in [-0.4, -0.2) is 26.2 Å². The summed E-state index contributed by atoms with van der Waals surface area (Å²) in [5.41, 5.74) is 2.21. The van der Waals surface area contributed by atoms with Crippen LogP contribution < -0.4 is 5.32 Å². The van der Waals surface area contributed by atoms with E-state index in [0.29, 0.717) is 5.92 Å². The fraction of sp³-hybridized carbons (Fsp3) is 0.400. The van der Waals surface area contributed by atoms with Gasteiger partial charge in [-0.2, -0.15) is 0 Å². The molecule has 1 aliphatic rings. The Labute approximate surface area is 108 Å². The van der Waals surface area contributed by atoms with Crippen molar-refractivity contribution in [2.24, 2.45) is 0 Å². The van der Waals surface area contributed by atoms with E-state index in [1.165, 1.54) is 25.5 Å². The quantitative estimate of drug-likeness (QED) is 0.602. The zero-order valence-electron chi connectivity index (χ0n) is 10.5. The van der Waals surface area contributed by atoms with Gasteiger partial charge in [0.2, 0.25) is 0 Å². The first kappa shape index (κ1) is 12.7. The van der Waals surface area contributed by atoms with Crippen LogP contribution in [0.1, 0.15) is 29.9 Å². The lowest BCUT2D eigenvalue weighted by Gasteiger charge is -2.22. The lowest BCUT2D eigenvalue weighted by molar-refractivity contribution is -0.133. The molecule has 1 aliphatic heterocycles. The number of carbonyl (C=O) groups excluding carboxylic acids is 1. The lowest BCUT2D eigenvalue weighted by atomic mass is 9.90. The van der Waals surface area contributed by atoms with Crippen molar-refractivity contribution in [3.63, 3.8) is 0 Å². The van der Waals surface area contributed by atoms with Crippen LogP contribution >= 0.6 is 0 Å². The molecule has 0 unspecified atom stereocenters. The van der Waals surface area contributed by atoms with E-state index < -0.39 is 5.97 Å². The average Bonchev–Trinajstić information content (AvgIpc) is 2.46. The van der Waals surface area contributed by atoms with Gasteiger partial charge < -0.3 is 10.1 Å². The van der Waals surface area contributed by atoms with Crippen molar-refractivity contribution in [1.29, 1.82) is 0 Å². The SMILES string of the molecule is COC(=O)C#Cc1ccc(C2CCNCC2)cc1. The van der Waals surface area contributed by atoms with Crippen LogP contribution in [0.25, 0.3) is 0 Å². The summed E-state index contributed by atoms with van der Waals surface area (Å²) in [6.07, 6.45) is 2.38. The molecular weight excluding hydrogens is 226 g/mol. The van der Waals surface area contributed by atoms with Gasteiger partial charge in [-0.05, 0) is 49.5 Å². The predicted molar refractivity (Wildman–Crippen MR) is 70.2 cm³/mol. The molecule has 2 rings (SSSR count). The summed E-state index contributed by atoms with van der Waals surface area (Å²) in [6.45, 7) is 2.18. The highest BCUT2D eigenvalue weighted by molar-refractivity contribution is 5.88. The van der Waals surface area contributed by atoms with Gasteiger partial charge in [0.1, 0.15) is 0 Å². The molecule has 18 heavy (non-hydrogen) atoms. The molecule has 3 nitrogen and oxygen atoms in total. The Morgan fingerprint density at radius 2 is 1.94 bits per heavy atom. The largest absolute Gasteiger partial charge is 0.459 e. The molecule has 0 aliphatic carbocycles. The standard InChI is InChI=1S/C15H17NO2/c1-18-15(17)7-4-12-2-5-13(6-3-12)14-8-10-16-11-9-14/h2-3,5-6,14,16H,8-11H2,1H3. The number of piperidine rings is 1. The van der Waals surface area contributed by atoms with Gasteiger partial charge in [0.15, 0.2) is 0 Å². The Morgan fingerprint density at radius 1 is 1.28 bits per heavy atom. The predicted octanol–water partition coefficient (Wildman–Crippen LogP) is 1.68. The van der Waals surface area contributed by atoms with E-state index in [1.54, 1.807) is 0 Å². The Balaban J connectivity index is 2.04. The van der Waals surface area contributed by atoms with Crippen LogP contribution in [0.5, 0.6) is 0 Å². The molecule has 0 amide bonds. The normalized spacial score (nSPS) is 15.6. The molecule has 1 aromatic rings. The van der Waals surface area contributed by atoms with E-state index in [-0.39, 0.29) is 0 Å². The first-order valence-corrected chi connectivity index (χ1v) is 6.20. The Morgan fingerprint density at radius 3 is 2.56 bits per heavy atom. The number of hydrogen-bond acceptors (Lipinski definition) is 3. The third kappa shape index (κ3) is 3.35. The summed E-state index contributed by atoms with van der Waals surface area (Å²) in [4.78, 5) is 10.9. The van der Waals surface area contributed by atoms with Crippen LogP contribution in [-0.2, 0) is 9.53 Å². The van der Waals surface area contributed by atoms with Crippen molar-refractivity contribution in [3.8, 4) is 11.8 Å². The maximum Gasteiger partial charge on any atom is 0.384 e. The second-order valence-electron chi connectivity index (χ2n) is 4.39. The second kappa shape index (κ2) is 6.23. The lowest BCUT2D eigenvalue weighted by Crippen LogP contribution is -2.26. The number of ether oxygens (including phenoxy) is 1. The van der Waals surface area contributed by atoms with Gasteiger partial charge in [0.25, 0.3) is 0 Å². The van der Waals surface area contributed by atoms with Crippen LogP contribution in [0.2, 0.25) is 0 Å². The topological polar surface area (TPSA) is 38.3 Å². The van der Waals surface area contributed by atoms with Crippen molar-refractivity contribution < 1.29 is 9.53 Å². The van der Waals surface area contributed by atoms with Gasteiger partial charge in [0, 0.05) is 11.5 Å². The van der Waals surface area contributed by atoms with Gasteiger partial charge in [-0.1, -0.05) is 18.1 Å². The number of methoxy groups -OCH3 is 1. The molecule has 1 saturated heterocycles. The summed E-state index contributed by atoms with van der Waals surface area (Å²) >= 11 is 0. The monoisotopic (exact) mass is 243 g/mol. The van der Waals surface area contributed by atoms with Crippen LogP contribution in [0.4, 0.5) is 0 Å². The van der Waals surface area contributed by atoms with Gasteiger partial charge >= 0.3 is 5.97 Å². The first-order chi connectivity index (χ1) is 8.79. The van der Waals surface area contributed by atoms with E-state index in [2.05, 4.69) is 34.0 Å². The molecule has 3 heteroatoms. The third-order valence-electron chi connectivity index (χ3n) is 3.22. The zero-order valence-corrected chi connectivity index (χ0v) is 10.5. The molecule has 0 bridgehead atoms. The Hall–Kier alpha value is -1.79. The smallest absolute Gasteiger partial charge is 0.384 e.